The number of rotatable bonds is 5. The summed E-state index contributed by atoms with van der Waals surface area (Å²) in [7, 11) is 0. The van der Waals surface area contributed by atoms with Gasteiger partial charge >= 0.3 is 0 Å². The van der Waals surface area contributed by atoms with Crippen LogP contribution in [0.5, 0.6) is 0 Å². The van der Waals surface area contributed by atoms with Crippen LogP contribution in [0.4, 0.5) is 0 Å². The van der Waals surface area contributed by atoms with Gasteiger partial charge in [0.2, 0.25) is 5.91 Å². The molecule has 0 aliphatic carbocycles. The van der Waals surface area contributed by atoms with E-state index in [0.29, 0.717) is 13.0 Å². The third-order valence-electron chi connectivity index (χ3n) is 3.24. The molecule has 1 unspecified atom stereocenters. The van der Waals surface area contributed by atoms with Gasteiger partial charge in [0.05, 0.1) is 0 Å². The van der Waals surface area contributed by atoms with E-state index in [0.717, 1.165) is 11.3 Å². The molecule has 20 heavy (non-hydrogen) atoms. The highest BCUT2D eigenvalue weighted by Crippen LogP contribution is 2.17. The van der Waals surface area contributed by atoms with Crippen LogP contribution in [-0.4, -0.2) is 17.4 Å². The van der Waals surface area contributed by atoms with E-state index in [-0.39, 0.29) is 5.91 Å². The zero-order valence-electron chi connectivity index (χ0n) is 11.5. The molecule has 104 valence electrons. The molecule has 0 fully saturated rings. The first-order valence-electron chi connectivity index (χ1n) is 6.63. The first-order valence-corrected chi connectivity index (χ1v) is 6.63. The number of pyridine rings is 1. The molecule has 0 saturated carbocycles. The van der Waals surface area contributed by atoms with Gasteiger partial charge in [0.25, 0.3) is 0 Å². The second-order valence-corrected chi connectivity index (χ2v) is 4.90. The Bertz CT molecular complexity index is 552. The van der Waals surface area contributed by atoms with Crippen LogP contribution in [0.2, 0.25) is 0 Å². The van der Waals surface area contributed by atoms with Crippen molar-refractivity contribution in [3.05, 3.63) is 66.0 Å². The van der Waals surface area contributed by atoms with Gasteiger partial charge in [-0.15, -0.1) is 0 Å². The average molecular weight is 269 g/mol. The molecule has 0 radical (unpaired) electrons. The fourth-order valence-corrected chi connectivity index (χ4v) is 1.95. The van der Waals surface area contributed by atoms with E-state index in [1.807, 2.05) is 48.5 Å². The van der Waals surface area contributed by atoms with E-state index in [1.165, 1.54) is 0 Å². The van der Waals surface area contributed by atoms with Crippen LogP contribution in [0.1, 0.15) is 18.2 Å². The quantitative estimate of drug-likeness (QED) is 0.866. The molecule has 1 aromatic carbocycles. The Morgan fingerprint density at radius 3 is 2.55 bits per heavy atom. The fraction of sp³-hybridized carbons (Fsp3) is 0.250. The second kappa shape index (κ2) is 6.30. The Balaban J connectivity index is 1.91. The van der Waals surface area contributed by atoms with E-state index >= 15 is 0 Å². The molecule has 1 heterocycles. The molecule has 4 heteroatoms. The van der Waals surface area contributed by atoms with Crippen molar-refractivity contribution in [3.63, 3.8) is 0 Å². The van der Waals surface area contributed by atoms with Crippen LogP contribution in [-0.2, 0) is 16.8 Å². The SMILES string of the molecule is CC(N)(C(=O)NCCc1ccccn1)c1ccccc1. The maximum absolute atomic E-state index is 12.2. The molecule has 1 amide bonds. The molecule has 1 aromatic heterocycles. The fourth-order valence-electron chi connectivity index (χ4n) is 1.95. The highest BCUT2D eigenvalue weighted by Gasteiger charge is 2.29. The summed E-state index contributed by atoms with van der Waals surface area (Å²) in [5.74, 6) is -0.181. The maximum Gasteiger partial charge on any atom is 0.244 e. The highest BCUT2D eigenvalue weighted by molar-refractivity contribution is 5.86. The van der Waals surface area contributed by atoms with Crippen LogP contribution < -0.4 is 11.1 Å². The van der Waals surface area contributed by atoms with Crippen molar-refractivity contribution in [1.29, 1.82) is 0 Å². The van der Waals surface area contributed by atoms with Gasteiger partial charge in [-0.25, -0.2) is 0 Å². The number of carbonyl (C=O) groups excluding carboxylic acids is 1. The lowest BCUT2D eigenvalue weighted by molar-refractivity contribution is -0.126. The smallest absolute Gasteiger partial charge is 0.244 e. The molecule has 0 aliphatic heterocycles. The zero-order valence-corrected chi connectivity index (χ0v) is 11.5. The number of nitrogens with two attached hydrogens (primary N) is 1. The largest absolute Gasteiger partial charge is 0.354 e. The average Bonchev–Trinajstić information content (AvgIpc) is 2.49. The molecule has 0 bridgehead atoms. The minimum absolute atomic E-state index is 0.181. The van der Waals surface area contributed by atoms with Gasteiger partial charge < -0.3 is 11.1 Å². The van der Waals surface area contributed by atoms with Gasteiger partial charge in [-0.05, 0) is 24.6 Å². The van der Waals surface area contributed by atoms with Crippen LogP contribution >= 0.6 is 0 Å². The number of hydrogen-bond donors (Lipinski definition) is 2. The topological polar surface area (TPSA) is 68.0 Å². The van der Waals surface area contributed by atoms with Crippen molar-refractivity contribution in [2.75, 3.05) is 6.54 Å². The van der Waals surface area contributed by atoms with Crippen molar-refractivity contribution in [2.24, 2.45) is 5.73 Å². The maximum atomic E-state index is 12.2. The third kappa shape index (κ3) is 3.42. The molecule has 0 aliphatic rings. The van der Waals surface area contributed by atoms with Crippen LogP contribution in [0.15, 0.2) is 54.7 Å². The first-order chi connectivity index (χ1) is 9.60. The van der Waals surface area contributed by atoms with Crippen LogP contribution in [0.3, 0.4) is 0 Å². The number of benzene rings is 1. The van der Waals surface area contributed by atoms with Gasteiger partial charge in [0, 0.05) is 24.9 Å². The Kier molecular flexibility index (Phi) is 4.48. The minimum atomic E-state index is -1.02. The Morgan fingerprint density at radius 1 is 1.20 bits per heavy atom. The number of hydrogen-bond acceptors (Lipinski definition) is 3. The van der Waals surface area contributed by atoms with Crippen molar-refractivity contribution >= 4 is 5.91 Å². The predicted octanol–water partition coefficient (Wildman–Crippen LogP) is 1.61. The summed E-state index contributed by atoms with van der Waals surface area (Å²) in [4.78, 5) is 16.4. The standard InChI is InChI=1S/C16H19N3O/c1-16(17,13-7-3-2-4-8-13)15(20)19-12-10-14-9-5-6-11-18-14/h2-9,11H,10,12,17H2,1H3,(H,19,20). The molecule has 0 saturated heterocycles. The lowest BCUT2D eigenvalue weighted by Gasteiger charge is -2.24. The molecule has 2 rings (SSSR count). The predicted molar refractivity (Wildman–Crippen MR) is 78.9 cm³/mol. The summed E-state index contributed by atoms with van der Waals surface area (Å²) in [6, 6.07) is 15.1. The normalized spacial score (nSPS) is 13.5. The lowest BCUT2D eigenvalue weighted by atomic mass is 9.92. The van der Waals surface area contributed by atoms with Gasteiger partial charge in [-0.1, -0.05) is 36.4 Å². The number of nitrogens with zero attached hydrogens (tertiary/aromatic N) is 1. The summed E-state index contributed by atoms with van der Waals surface area (Å²) in [6.07, 6.45) is 2.44. The molecule has 1 atom stereocenters. The summed E-state index contributed by atoms with van der Waals surface area (Å²) in [6.45, 7) is 2.24. The highest BCUT2D eigenvalue weighted by atomic mass is 16.2. The van der Waals surface area contributed by atoms with E-state index in [9.17, 15) is 4.79 Å². The molecule has 4 nitrogen and oxygen atoms in total. The van der Waals surface area contributed by atoms with Crippen LogP contribution in [0.25, 0.3) is 0 Å². The van der Waals surface area contributed by atoms with E-state index in [4.69, 9.17) is 5.73 Å². The van der Waals surface area contributed by atoms with Gasteiger partial charge in [-0.2, -0.15) is 0 Å². The number of nitrogens with one attached hydrogen (secondary N) is 1. The molecular weight excluding hydrogens is 250 g/mol. The molecule has 2 aromatic rings. The molecular formula is C16H19N3O. The molecule has 0 spiro atoms. The summed E-state index contributed by atoms with van der Waals surface area (Å²) < 4.78 is 0. The van der Waals surface area contributed by atoms with Gasteiger partial charge in [0.1, 0.15) is 5.54 Å². The van der Waals surface area contributed by atoms with E-state index in [1.54, 1.807) is 13.1 Å². The van der Waals surface area contributed by atoms with Crippen molar-refractivity contribution in [2.45, 2.75) is 18.9 Å². The summed E-state index contributed by atoms with van der Waals surface area (Å²) in [5, 5.41) is 2.87. The van der Waals surface area contributed by atoms with Gasteiger partial charge in [-0.3, -0.25) is 9.78 Å². The molecule has 3 N–H and O–H groups in total. The monoisotopic (exact) mass is 269 g/mol. The van der Waals surface area contributed by atoms with E-state index in [2.05, 4.69) is 10.3 Å². The number of aromatic nitrogens is 1. The first kappa shape index (κ1) is 14.2. The summed E-state index contributed by atoms with van der Waals surface area (Å²) >= 11 is 0. The van der Waals surface area contributed by atoms with Crippen LogP contribution in [0, 0.1) is 0 Å². The van der Waals surface area contributed by atoms with Gasteiger partial charge in [0.15, 0.2) is 0 Å². The van der Waals surface area contributed by atoms with Crippen molar-refractivity contribution in [3.8, 4) is 0 Å². The third-order valence-corrected chi connectivity index (χ3v) is 3.24. The Labute approximate surface area is 119 Å². The van der Waals surface area contributed by atoms with Crippen molar-refractivity contribution in [1.82, 2.24) is 10.3 Å². The number of amides is 1. The Morgan fingerprint density at radius 2 is 1.90 bits per heavy atom. The van der Waals surface area contributed by atoms with Crippen molar-refractivity contribution < 1.29 is 4.79 Å². The summed E-state index contributed by atoms with van der Waals surface area (Å²) in [5.41, 5.74) is 6.86. The second-order valence-electron chi connectivity index (χ2n) is 4.90. The number of carbonyl (C=O) groups is 1. The Hall–Kier alpha value is -2.20. The minimum Gasteiger partial charge on any atom is -0.354 e. The lowest BCUT2D eigenvalue weighted by Crippen LogP contribution is -2.49. The van der Waals surface area contributed by atoms with E-state index < -0.39 is 5.54 Å². The zero-order chi connectivity index (χ0) is 14.4.